The minimum absolute atomic E-state index is 0.0748. The van der Waals surface area contributed by atoms with E-state index in [0.717, 1.165) is 6.42 Å². The molecule has 1 saturated heterocycles. The zero-order chi connectivity index (χ0) is 24.7. The lowest BCUT2D eigenvalue weighted by Crippen LogP contribution is -2.35. The second-order valence-electron chi connectivity index (χ2n) is 8.34. The van der Waals surface area contributed by atoms with Gasteiger partial charge in [-0.05, 0) is 62.5 Å². The number of amides is 1. The van der Waals surface area contributed by atoms with E-state index in [1.165, 1.54) is 4.90 Å². The standard InChI is InChI=1S/C27H32N2O5/c1-5-17-33-21-11-7-19(8-12-21)24-23(26(31)27(32)29(24)16-15-28(3)4)25(30)20-9-13-22(14-10-20)34-18-6-2/h5,7-14,24,30H,1,6,15-18H2,2-4H3/b25-23+/t24-/m0/s1. The average Bonchev–Trinajstić information content (AvgIpc) is 3.10. The zero-order valence-corrected chi connectivity index (χ0v) is 20.0. The van der Waals surface area contributed by atoms with E-state index in [4.69, 9.17) is 9.47 Å². The Morgan fingerprint density at radius 3 is 2.26 bits per heavy atom. The number of aliphatic hydroxyl groups is 1. The van der Waals surface area contributed by atoms with Gasteiger partial charge >= 0.3 is 0 Å². The first-order valence-corrected chi connectivity index (χ1v) is 11.4. The maximum absolute atomic E-state index is 13.1. The third-order valence-electron chi connectivity index (χ3n) is 5.49. The van der Waals surface area contributed by atoms with Gasteiger partial charge in [-0.3, -0.25) is 9.59 Å². The molecule has 2 aromatic carbocycles. The van der Waals surface area contributed by atoms with E-state index in [-0.39, 0.29) is 11.3 Å². The van der Waals surface area contributed by atoms with Gasteiger partial charge in [0.1, 0.15) is 23.9 Å². The van der Waals surface area contributed by atoms with Crippen molar-refractivity contribution in [2.75, 3.05) is 40.4 Å². The third-order valence-corrected chi connectivity index (χ3v) is 5.49. The van der Waals surface area contributed by atoms with Gasteiger partial charge in [0.2, 0.25) is 0 Å². The number of rotatable bonds is 11. The molecular weight excluding hydrogens is 432 g/mol. The predicted octanol–water partition coefficient (Wildman–Crippen LogP) is 4.02. The van der Waals surface area contributed by atoms with Gasteiger partial charge in [-0.1, -0.05) is 31.7 Å². The smallest absolute Gasteiger partial charge is 0.295 e. The Hall–Kier alpha value is -3.58. The van der Waals surface area contributed by atoms with Crippen LogP contribution in [0, 0.1) is 0 Å². The molecular formula is C27H32N2O5. The van der Waals surface area contributed by atoms with Gasteiger partial charge in [0.05, 0.1) is 18.2 Å². The second kappa shape index (κ2) is 11.5. The molecule has 1 N–H and O–H groups in total. The Balaban J connectivity index is 2.02. The first kappa shape index (κ1) is 25.1. The number of ether oxygens (including phenoxy) is 2. The van der Waals surface area contributed by atoms with Gasteiger partial charge in [0.25, 0.3) is 11.7 Å². The molecule has 0 unspecified atom stereocenters. The average molecular weight is 465 g/mol. The molecule has 34 heavy (non-hydrogen) atoms. The molecule has 1 aliphatic heterocycles. The normalized spacial score (nSPS) is 17.3. The number of nitrogens with zero attached hydrogens (tertiary/aromatic N) is 2. The fourth-order valence-corrected chi connectivity index (χ4v) is 3.75. The first-order valence-electron chi connectivity index (χ1n) is 11.4. The lowest BCUT2D eigenvalue weighted by molar-refractivity contribution is -0.140. The largest absolute Gasteiger partial charge is 0.507 e. The minimum Gasteiger partial charge on any atom is -0.507 e. The number of aliphatic hydroxyl groups excluding tert-OH is 1. The summed E-state index contributed by atoms with van der Waals surface area (Å²) in [4.78, 5) is 29.5. The zero-order valence-electron chi connectivity index (χ0n) is 20.0. The highest BCUT2D eigenvalue weighted by molar-refractivity contribution is 6.46. The van der Waals surface area contributed by atoms with Crippen LogP contribution >= 0.6 is 0 Å². The number of carbonyl (C=O) groups is 2. The number of ketones is 1. The minimum atomic E-state index is -0.704. The fourth-order valence-electron chi connectivity index (χ4n) is 3.75. The molecule has 1 heterocycles. The number of carbonyl (C=O) groups excluding carboxylic acids is 2. The van der Waals surface area contributed by atoms with E-state index in [2.05, 4.69) is 6.58 Å². The van der Waals surface area contributed by atoms with Crippen LogP contribution < -0.4 is 9.47 Å². The summed E-state index contributed by atoms with van der Waals surface area (Å²) in [5.41, 5.74) is 1.24. The van der Waals surface area contributed by atoms with Crippen molar-refractivity contribution >= 4 is 17.4 Å². The van der Waals surface area contributed by atoms with Gasteiger partial charge in [-0.2, -0.15) is 0 Å². The molecule has 0 saturated carbocycles. The molecule has 0 aromatic heterocycles. The molecule has 0 bridgehead atoms. The van der Waals surface area contributed by atoms with Crippen molar-refractivity contribution in [3.8, 4) is 11.5 Å². The quantitative estimate of drug-likeness (QED) is 0.234. The van der Waals surface area contributed by atoms with Crippen molar-refractivity contribution in [2.45, 2.75) is 19.4 Å². The number of likely N-dealkylation sites (tertiary alicyclic amines) is 1. The first-order chi connectivity index (χ1) is 16.4. The number of hydrogen-bond acceptors (Lipinski definition) is 6. The van der Waals surface area contributed by atoms with E-state index in [1.54, 1.807) is 42.5 Å². The van der Waals surface area contributed by atoms with Gasteiger partial charge in [0, 0.05) is 18.7 Å². The van der Waals surface area contributed by atoms with Crippen molar-refractivity contribution in [2.24, 2.45) is 0 Å². The third kappa shape index (κ3) is 5.66. The van der Waals surface area contributed by atoms with Gasteiger partial charge < -0.3 is 24.4 Å². The SMILES string of the molecule is C=CCOc1ccc([C@H]2/C(=C(\O)c3ccc(OCCC)cc3)C(=O)C(=O)N2CCN(C)C)cc1. The molecule has 1 fully saturated rings. The van der Waals surface area contributed by atoms with Gasteiger partial charge in [-0.25, -0.2) is 0 Å². The summed E-state index contributed by atoms with van der Waals surface area (Å²) in [6, 6.07) is 13.4. The molecule has 2 aromatic rings. The monoisotopic (exact) mass is 464 g/mol. The van der Waals surface area contributed by atoms with Crippen LogP contribution in [-0.4, -0.2) is 67.0 Å². The van der Waals surface area contributed by atoms with Crippen molar-refractivity contribution in [3.63, 3.8) is 0 Å². The summed E-state index contributed by atoms with van der Waals surface area (Å²) in [6.07, 6.45) is 2.54. The van der Waals surface area contributed by atoms with Crippen LogP contribution in [0.3, 0.4) is 0 Å². The van der Waals surface area contributed by atoms with Crippen molar-refractivity contribution in [1.29, 1.82) is 0 Å². The highest BCUT2D eigenvalue weighted by atomic mass is 16.5. The van der Waals surface area contributed by atoms with E-state index >= 15 is 0 Å². The summed E-state index contributed by atoms with van der Waals surface area (Å²) >= 11 is 0. The fraction of sp³-hybridized carbons (Fsp3) is 0.333. The number of likely N-dealkylation sites (N-methyl/N-ethyl adjacent to an activating group) is 1. The maximum Gasteiger partial charge on any atom is 0.295 e. The summed E-state index contributed by atoms with van der Waals surface area (Å²) in [5, 5.41) is 11.2. The summed E-state index contributed by atoms with van der Waals surface area (Å²) < 4.78 is 11.2. The maximum atomic E-state index is 13.1. The Morgan fingerprint density at radius 2 is 1.68 bits per heavy atom. The van der Waals surface area contributed by atoms with E-state index in [9.17, 15) is 14.7 Å². The Morgan fingerprint density at radius 1 is 1.06 bits per heavy atom. The van der Waals surface area contributed by atoms with Crippen LogP contribution in [0.15, 0.2) is 66.8 Å². The molecule has 1 amide bonds. The van der Waals surface area contributed by atoms with Gasteiger partial charge in [0.15, 0.2) is 0 Å². The molecule has 7 nitrogen and oxygen atoms in total. The molecule has 0 aliphatic carbocycles. The lowest BCUT2D eigenvalue weighted by Gasteiger charge is -2.26. The molecule has 1 atom stereocenters. The highest BCUT2D eigenvalue weighted by Gasteiger charge is 2.45. The number of benzene rings is 2. The molecule has 1 aliphatic rings. The second-order valence-corrected chi connectivity index (χ2v) is 8.34. The van der Waals surface area contributed by atoms with Crippen LogP contribution in [0.1, 0.15) is 30.5 Å². The van der Waals surface area contributed by atoms with Gasteiger partial charge in [-0.15, -0.1) is 0 Å². The Kier molecular flexibility index (Phi) is 8.49. The summed E-state index contributed by atoms with van der Waals surface area (Å²) in [6.45, 7) is 7.55. The Bertz CT molecular complexity index is 1040. The van der Waals surface area contributed by atoms with Crippen LogP contribution in [0.25, 0.3) is 5.76 Å². The van der Waals surface area contributed by atoms with Crippen LogP contribution in [0.4, 0.5) is 0 Å². The topological polar surface area (TPSA) is 79.3 Å². The Labute approximate surface area is 200 Å². The lowest BCUT2D eigenvalue weighted by atomic mass is 9.95. The van der Waals surface area contributed by atoms with E-state index in [0.29, 0.717) is 48.9 Å². The predicted molar refractivity (Wildman–Crippen MR) is 132 cm³/mol. The van der Waals surface area contributed by atoms with Crippen LogP contribution in [0.5, 0.6) is 11.5 Å². The molecule has 3 rings (SSSR count). The van der Waals surface area contributed by atoms with E-state index in [1.807, 2.05) is 38.1 Å². The number of hydrogen-bond donors (Lipinski definition) is 1. The molecule has 7 heteroatoms. The molecule has 0 radical (unpaired) electrons. The molecule has 180 valence electrons. The summed E-state index contributed by atoms with van der Waals surface area (Å²) in [7, 11) is 3.80. The van der Waals surface area contributed by atoms with Crippen LogP contribution in [-0.2, 0) is 9.59 Å². The van der Waals surface area contributed by atoms with Crippen LogP contribution in [0.2, 0.25) is 0 Å². The number of Topliss-reactive ketones (excluding diaryl/α,β-unsaturated/α-hetero) is 1. The van der Waals surface area contributed by atoms with Crippen molar-refractivity contribution in [3.05, 3.63) is 77.9 Å². The van der Waals surface area contributed by atoms with Crippen molar-refractivity contribution < 1.29 is 24.2 Å². The van der Waals surface area contributed by atoms with E-state index < -0.39 is 17.7 Å². The van der Waals surface area contributed by atoms with Crippen molar-refractivity contribution in [1.82, 2.24) is 9.80 Å². The molecule has 0 spiro atoms. The summed E-state index contributed by atoms with van der Waals surface area (Å²) in [5.74, 6) is -0.194. The highest BCUT2D eigenvalue weighted by Crippen LogP contribution is 2.39.